The van der Waals surface area contributed by atoms with Gasteiger partial charge in [-0.25, -0.2) is 4.98 Å². The van der Waals surface area contributed by atoms with Crippen LogP contribution in [0, 0.1) is 0 Å². The van der Waals surface area contributed by atoms with Crippen molar-refractivity contribution in [3.63, 3.8) is 0 Å². The van der Waals surface area contributed by atoms with E-state index < -0.39 is 0 Å². The van der Waals surface area contributed by atoms with E-state index in [0.717, 1.165) is 11.0 Å². The molecule has 0 spiro atoms. The van der Waals surface area contributed by atoms with Gasteiger partial charge in [0.2, 0.25) is 5.91 Å². The van der Waals surface area contributed by atoms with Crippen molar-refractivity contribution in [3.8, 4) is 0 Å². The van der Waals surface area contributed by atoms with Crippen LogP contribution in [-0.4, -0.2) is 35.7 Å². The third-order valence-electron chi connectivity index (χ3n) is 2.88. The molecule has 96 valence electrons. The second-order valence-corrected chi connectivity index (χ2v) is 4.10. The molecule has 1 heterocycles. The standard InChI is InChI=1S/C13H17N3O2/c1-10(13(17)14-7-8-18-2)16-9-15-11-5-3-4-6-12(11)16/h3-6,9-10H,7-8H2,1-2H3,(H,14,17)/t10-/m1/s1. The Morgan fingerprint density at radius 3 is 3.06 bits per heavy atom. The second-order valence-electron chi connectivity index (χ2n) is 4.10. The largest absolute Gasteiger partial charge is 0.383 e. The molecular weight excluding hydrogens is 230 g/mol. The Balaban J connectivity index is 2.13. The molecule has 1 atom stereocenters. The summed E-state index contributed by atoms with van der Waals surface area (Å²) in [7, 11) is 1.61. The highest BCUT2D eigenvalue weighted by molar-refractivity contribution is 5.83. The Bertz CT molecular complexity index is 536. The average molecular weight is 247 g/mol. The van der Waals surface area contributed by atoms with Crippen molar-refractivity contribution in [2.24, 2.45) is 0 Å². The molecule has 1 aromatic carbocycles. The monoisotopic (exact) mass is 247 g/mol. The number of benzene rings is 1. The molecule has 1 N–H and O–H groups in total. The van der Waals surface area contributed by atoms with Crippen molar-refractivity contribution in [3.05, 3.63) is 30.6 Å². The van der Waals surface area contributed by atoms with Gasteiger partial charge < -0.3 is 14.6 Å². The first-order chi connectivity index (χ1) is 8.74. The van der Waals surface area contributed by atoms with Gasteiger partial charge in [0.25, 0.3) is 0 Å². The van der Waals surface area contributed by atoms with Gasteiger partial charge in [-0.15, -0.1) is 0 Å². The molecule has 2 aromatic rings. The van der Waals surface area contributed by atoms with Crippen LogP contribution in [0.1, 0.15) is 13.0 Å². The van der Waals surface area contributed by atoms with E-state index in [-0.39, 0.29) is 11.9 Å². The van der Waals surface area contributed by atoms with Crippen molar-refractivity contribution in [2.45, 2.75) is 13.0 Å². The average Bonchev–Trinajstić information content (AvgIpc) is 2.82. The summed E-state index contributed by atoms with van der Waals surface area (Å²) in [4.78, 5) is 16.2. The zero-order valence-corrected chi connectivity index (χ0v) is 10.6. The Hall–Kier alpha value is -1.88. The maximum absolute atomic E-state index is 11.9. The number of methoxy groups -OCH3 is 1. The number of hydrogen-bond donors (Lipinski definition) is 1. The number of aromatic nitrogens is 2. The molecular formula is C13H17N3O2. The van der Waals surface area contributed by atoms with Crippen molar-refractivity contribution < 1.29 is 9.53 Å². The highest BCUT2D eigenvalue weighted by Crippen LogP contribution is 2.17. The van der Waals surface area contributed by atoms with Crippen LogP contribution in [0.2, 0.25) is 0 Å². The summed E-state index contributed by atoms with van der Waals surface area (Å²) in [6.45, 7) is 2.89. The Morgan fingerprint density at radius 2 is 2.28 bits per heavy atom. The number of imidazole rings is 1. The fraction of sp³-hybridized carbons (Fsp3) is 0.385. The van der Waals surface area contributed by atoms with E-state index in [9.17, 15) is 4.79 Å². The van der Waals surface area contributed by atoms with Gasteiger partial charge in [-0.05, 0) is 19.1 Å². The van der Waals surface area contributed by atoms with Crippen LogP contribution in [0.3, 0.4) is 0 Å². The quantitative estimate of drug-likeness (QED) is 0.812. The predicted octanol–water partition coefficient (Wildman–Crippen LogP) is 1.36. The third-order valence-corrected chi connectivity index (χ3v) is 2.88. The molecule has 2 rings (SSSR count). The van der Waals surface area contributed by atoms with Gasteiger partial charge in [0, 0.05) is 13.7 Å². The number of fused-ring (bicyclic) bond motifs is 1. The van der Waals surface area contributed by atoms with Gasteiger partial charge in [-0.2, -0.15) is 0 Å². The molecule has 0 fully saturated rings. The zero-order chi connectivity index (χ0) is 13.0. The maximum Gasteiger partial charge on any atom is 0.242 e. The van der Waals surface area contributed by atoms with E-state index in [1.807, 2.05) is 35.8 Å². The van der Waals surface area contributed by atoms with Gasteiger partial charge in [-0.3, -0.25) is 4.79 Å². The topological polar surface area (TPSA) is 56.1 Å². The minimum Gasteiger partial charge on any atom is -0.383 e. The normalized spacial score (nSPS) is 12.6. The van der Waals surface area contributed by atoms with Crippen LogP contribution in [0.4, 0.5) is 0 Å². The molecule has 0 saturated heterocycles. The molecule has 0 bridgehead atoms. The first-order valence-electron chi connectivity index (χ1n) is 5.92. The summed E-state index contributed by atoms with van der Waals surface area (Å²) in [6.07, 6.45) is 1.70. The van der Waals surface area contributed by atoms with Crippen molar-refractivity contribution in [1.82, 2.24) is 14.9 Å². The number of carbonyl (C=O) groups excluding carboxylic acids is 1. The van der Waals surface area contributed by atoms with Crippen LogP contribution >= 0.6 is 0 Å². The number of ether oxygens (including phenoxy) is 1. The summed E-state index contributed by atoms with van der Waals surface area (Å²) < 4.78 is 6.77. The molecule has 5 nitrogen and oxygen atoms in total. The molecule has 0 unspecified atom stereocenters. The van der Waals surface area contributed by atoms with Gasteiger partial charge >= 0.3 is 0 Å². The molecule has 0 radical (unpaired) electrons. The van der Waals surface area contributed by atoms with E-state index in [1.54, 1.807) is 13.4 Å². The minimum absolute atomic E-state index is 0.0322. The Labute approximate surface area is 106 Å². The van der Waals surface area contributed by atoms with Crippen LogP contribution < -0.4 is 5.32 Å². The number of para-hydroxylation sites is 2. The molecule has 0 aliphatic carbocycles. The van der Waals surface area contributed by atoms with Gasteiger partial charge in [-0.1, -0.05) is 12.1 Å². The van der Waals surface area contributed by atoms with Crippen LogP contribution in [0.15, 0.2) is 30.6 Å². The van der Waals surface area contributed by atoms with Crippen molar-refractivity contribution in [1.29, 1.82) is 0 Å². The van der Waals surface area contributed by atoms with E-state index in [2.05, 4.69) is 10.3 Å². The smallest absolute Gasteiger partial charge is 0.242 e. The molecule has 5 heteroatoms. The van der Waals surface area contributed by atoms with Crippen LogP contribution in [0.5, 0.6) is 0 Å². The number of rotatable bonds is 5. The lowest BCUT2D eigenvalue weighted by atomic mass is 10.2. The van der Waals surface area contributed by atoms with E-state index >= 15 is 0 Å². The molecule has 0 saturated carbocycles. The van der Waals surface area contributed by atoms with Crippen molar-refractivity contribution in [2.75, 3.05) is 20.3 Å². The number of nitrogens with one attached hydrogen (secondary N) is 1. The Kier molecular flexibility index (Phi) is 3.94. The van der Waals surface area contributed by atoms with Gasteiger partial charge in [0.05, 0.1) is 24.0 Å². The summed E-state index contributed by atoms with van der Waals surface area (Å²) in [6, 6.07) is 7.48. The number of amides is 1. The van der Waals surface area contributed by atoms with Crippen LogP contribution in [-0.2, 0) is 9.53 Å². The van der Waals surface area contributed by atoms with E-state index in [4.69, 9.17) is 4.74 Å². The second kappa shape index (κ2) is 5.64. The fourth-order valence-corrected chi connectivity index (χ4v) is 1.84. The number of nitrogens with zero attached hydrogens (tertiary/aromatic N) is 2. The third kappa shape index (κ3) is 2.51. The number of hydrogen-bond acceptors (Lipinski definition) is 3. The van der Waals surface area contributed by atoms with E-state index in [0.29, 0.717) is 13.2 Å². The van der Waals surface area contributed by atoms with Crippen LogP contribution in [0.25, 0.3) is 11.0 Å². The summed E-state index contributed by atoms with van der Waals surface area (Å²) in [5, 5.41) is 2.82. The highest BCUT2D eigenvalue weighted by Gasteiger charge is 2.16. The van der Waals surface area contributed by atoms with Gasteiger partial charge in [0.15, 0.2) is 0 Å². The summed E-state index contributed by atoms with van der Waals surface area (Å²) in [5.74, 6) is -0.0322. The Morgan fingerprint density at radius 1 is 1.50 bits per heavy atom. The number of carbonyl (C=O) groups is 1. The fourth-order valence-electron chi connectivity index (χ4n) is 1.84. The molecule has 1 amide bonds. The zero-order valence-electron chi connectivity index (χ0n) is 10.6. The molecule has 0 aliphatic rings. The molecule has 1 aromatic heterocycles. The molecule has 0 aliphatic heterocycles. The lowest BCUT2D eigenvalue weighted by Gasteiger charge is -2.14. The lowest BCUT2D eigenvalue weighted by molar-refractivity contribution is -0.123. The molecule has 18 heavy (non-hydrogen) atoms. The minimum atomic E-state index is -0.283. The van der Waals surface area contributed by atoms with Gasteiger partial charge in [0.1, 0.15) is 6.04 Å². The van der Waals surface area contributed by atoms with E-state index in [1.165, 1.54) is 0 Å². The summed E-state index contributed by atoms with van der Waals surface area (Å²) in [5.41, 5.74) is 1.86. The summed E-state index contributed by atoms with van der Waals surface area (Å²) >= 11 is 0. The SMILES string of the molecule is COCCNC(=O)[C@@H](C)n1cnc2ccccc21. The maximum atomic E-state index is 11.9. The predicted molar refractivity (Wildman–Crippen MR) is 69.3 cm³/mol. The first-order valence-corrected chi connectivity index (χ1v) is 5.92. The highest BCUT2D eigenvalue weighted by atomic mass is 16.5. The first kappa shape index (κ1) is 12.6. The lowest BCUT2D eigenvalue weighted by Crippen LogP contribution is -2.33. The van der Waals surface area contributed by atoms with Crippen molar-refractivity contribution >= 4 is 16.9 Å².